The van der Waals surface area contributed by atoms with Crippen LogP contribution in [0, 0.1) is 5.92 Å². The summed E-state index contributed by atoms with van der Waals surface area (Å²) < 4.78 is 1.12. The summed E-state index contributed by atoms with van der Waals surface area (Å²) in [6.45, 7) is 5.49. The summed E-state index contributed by atoms with van der Waals surface area (Å²) in [7, 11) is 0. The molecule has 1 N–H and O–H groups in total. The van der Waals surface area contributed by atoms with Crippen molar-refractivity contribution in [2.45, 2.75) is 45.7 Å². The molecule has 4 heteroatoms. The summed E-state index contributed by atoms with van der Waals surface area (Å²) in [6.07, 6.45) is 3.72. The summed E-state index contributed by atoms with van der Waals surface area (Å²) in [6, 6.07) is 9.09. The van der Waals surface area contributed by atoms with Gasteiger partial charge < -0.3 is 5.32 Å². The standard InChI is InChI=1S/C17H21BrN2S/c1-11(2)9-15-16(10-19-12-7-8-12)21-17(20-15)13-5-3-4-6-14(13)18/h3-6,11-12,19H,7-10H2,1-2H3. The fourth-order valence-corrected chi connectivity index (χ4v) is 4.03. The fraction of sp³-hybridized carbons (Fsp3) is 0.471. The Morgan fingerprint density at radius 2 is 2.10 bits per heavy atom. The molecular weight excluding hydrogens is 344 g/mol. The molecule has 0 aliphatic heterocycles. The molecule has 1 aromatic heterocycles. The molecule has 1 aliphatic carbocycles. The Balaban J connectivity index is 1.88. The maximum absolute atomic E-state index is 4.93. The molecule has 0 radical (unpaired) electrons. The van der Waals surface area contributed by atoms with Crippen LogP contribution in [0.3, 0.4) is 0 Å². The Morgan fingerprint density at radius 1 is 1.33 bits per heavy atom. The molecule has 3 rings (SSSR count). The van der Waals surface area contributed by atoms with Crippen LogP contribution in [0.5, 0.6) is 0 Å². The van der Waals surface area contributed by atoms with Crippen LogP contribution in [0.15, 0.2) is 28.7 Å². The highest BCUT2D eigenvalue weighted by Crippen LogP contribution is 2.34. The molecule has 0 saturated heterocycles. The van der Waals surface area contributed by atoms with Gasteiger partial charge in [0, 0.05) is 27.5 Å². The van der Waals surface area contributed by atoms with E-state index >= 15 is 0 Å². The van der Waals surface area contributed by atoms with Crippen LogP contribution in [-0.2, 0) is 13.0 Å². The third-order valence-corrected chi connectivity index (χ3v) is 5.44. The van der Waals surface area contributed by atoms with E-state index in [9.17, 15) is 0 Å². The van der Waals surface area contributed by atoms with Gasteiger partial charge >= 0.3 is 0 Å². The Bertz CT molecular complexity index is 617. The lowest BCUT2D eigenvalue weighted by molar-refractivity contribution is 0.624. The molecule has 0 bridgehead atoms. The number of nitrogens with zero attached hydrogens (tertiary/aromatic N) is 1. The van der Waals surface area contributed by atoms with Crippen LogP contribution in [0.2, 0.25) is 0 Å². The first-order valence-corrected chi connectivity index (χ1v) is 9.21. The maximum Gasteiger partial charge on any atom is 0.125 e. The van der Waals surface area contributed by atoms with Crippen LogP contribution in [-0.4, -0.2) is 11.0 Å². The predicted octanol–water partition coefficient (Wildman–Crippen LogP) is 5.02. The molecule has 1 aliphatic rings. The van der Waals surface area contributed by atoms with Gasteiger partial charge in [-0.1, -0.05) is 48.0 Å². The highest BCUT2D eigenvalue weighted by molar-refractivity contribution is 9.10. The van der Waals surface area contributed by atoms with Crippen molar-refractivity contribution in [2.75, 3.05) is 0 Å². The Morgan fingerprint density at radius 3 is 2.76 bits per heavy atom. The molecule has 1 heterocycles. The summed E-state index contributed by atoms with van der Waals surface area (Å²) in [5.74, 6) is 0.638. The second-order valence-electron chi connectivity index (χ2n) is 6.12. The zero-order valence-corrected chi connectivity index (χ0v) is 14.9. The van der Waals surface area contributed by atoms with E-state index in [2.05, 4.69) is 53.3 Å². The first kappa shape index (κ1) is 15.2. The topological polar surface area (TPSA) is 24.9 Å². The fourth-order valence-electron chi connectivity index (χ4n) is 2.34. The zero-order chi connectivity index (χ0) is 14.8. The van der Waals surface area contributed by atoms with Gasteiger partial charge in [0.05, 0.1) is 5.69 Å². The average Bonchev–Trinajstić information content (AvgIpc) is 3.19. The Kier molecular flexibility index (Phi) is 4.77. The average molecular weight is 365 g/mol. The number of thiazole rings is 1. The number of aromatic nitrogens is 1. The quantitative estimate of drug-likeness (QED) is 0.777. The predicted molar refractivity (Wildman–Crippen MR) is 93.7 cm³/mol. The van der Waals surface area contributed by atoms with Gasteiger partial charge in [-0.25, -0.2) is 4.98 Å². The van der Waals surface area contributed by atoms with Crippen molar-refractivity contribution < 1.29 is 0 Å². The zero-order valence-electron chi connectivity index (χ0n) is 12.5. The van der Waals surface area contributed by atoms with Gasteiger partial charge in [-0.05, 0) is 31.2 Å². The van der Waals surface area contributed by atoms with Gasteiger partial charge in [-0.15, -0.1) is 11.3 Å². The van der Waals surface area contributed by atoms with Gasteiger partial charge in [-0.2, -0.15) is 0 Å². The highest BCUT2D eigenvalue weighted by Gasteiger charge is 2.22. The summed E-state index contributed by atoms with van der Waals surface area (Å²) in [5.41, 5.74) is 2.47. The molecule has 0 spiro atoms. The van der Waals surface area contributed by atoms with Crippen molar-refractivity contribution in [3.63, 3.8) is 0 Å². The van der Waals surface area contributed by atoms with Gasteiger partial charge in [0.1, 0.15) is 5.01 Å². The number of rotatable bonds is 6. The molecule has 0 unspecified atom stereocenters. The lowest BCUT2D eigenvalue weighted by Crippen LogP contribution is -2.15. The summed E-state index contributed by atoms with van der Waals surface area (Å²) in [4.78, 5) is 6.33. The second-order valence-corrected chi connectivity index (χ2v) is 8.06. The molecule has 0 atom stereocenters. The van der Waals surface area contributed by atoms with Crippen molar-refractivity contribution >= 4 is 27.3 Å². The molecular formula is C17H21BrN2S. The van der Waals surface area contributed by atoms with E-state index in [4.69, 9.17) is 4.98 Å². The van der Waals surface area contributed by atoms with Crippen molar-refractivity contribution in [2.24, 2.45) is 5.92 Å². The van der Waals surface area contributed by atoms with Crippen LogP contribution in [0.25, 0.3) is 10.6 Å². The van der Waals surface area contributed by atoms with Gasteiger partial charge in [0.25, 0.3) is 0 Å². The maximum atomic E-state index is 4.93. The molecule has 0 amide bonds. The van der Waals surface area contributed by atoms with E-state index in [1.165, 1.54) is 29.0 Å². The van der Waals surface area contributed by atoms with E-state index < -0.39 is 0 Å². The number of hydrogen-bond donors (Lipinski definition) is 1. The minimum Gasteiger partial charge on any atom is -0.309 e. The van der Waals surface area contributed by atoms with E-state index in [-0.39, 0.29) is 0 Å². The number of halogens is 1. The molecule has 1 fully saturated rings. The Labute approximate surface area is 139 Å². The van der Waals surface area contributed by atoms with Crippen LogP contribution < -0.4 is 5.32 Å². The number of hydrogen-bond acceptors (Lipinski definition) is 3. The lowest BCUT2D eigenvalue weighted by Gasteiger charge is -2.05. The van der Waals surface area contributed by atoms with Crippen molar-refractivity contribution in [1.82, 2.24) is 10.3 Å². The normalized spacial score (nSPS) is 14.9. The molecule has 2 nitrogen and oxygen atoms in total. The van der Waals surface area contributed by atoms with Gasteiger partial charge in [-0.3, -0.25) is 0 Å². The summed E-state index contributed by atoms with van der Waals surface area (Å²) in [5, 5.41) is 4.75. The summed E-state index contributed by atoms with van der Waals surface area (Å²) >= 11 is 5.48. The SMILES string of the molecule is CC(C)Cc1nc(-c2ccccc2Br)sc1CNC1CC1. The van der Waals surface area contributed by atoms with Crippen LogP contribution in [0.1, 0.15) is 37.3 Å². The highest BCUT2D eigenvalue weighted by atomic mass is 79.9. The molecule has 112 valence electrons. The molecule has 2 aromatic rings. The van der Waals surface area contributed by atoms with Gasteiger partial charge in [0.2, 0.25) is 0 Å². The van der Waals surface area contributed by atoms with Gasteiger partial charge in [0.15, 0.2) is 0 Å². The van der Waals surface area contributed by atoms with Crippen molar-refractivity contribution in [1.29, 1.82) is 0 Å². The third-order valence-electron chi connectivity index (χ3n) is 3.61. The van der Waals surface area contributed by atoms with E-state index in [1.54, 1.807) is 0 Å². The monoisotopic (exact) mass is 364 g/mol. The smallest absolute Gasteiger partial charge is 0.125 e. The van der Waals surface area contributed by atoms with Crippen LogP contribution >= 0.6 is 27.3 Å². The largest absolute Gasteiger partial charge is 0.309 e. The van der Waals surface area contributed by atoms with Crippen LogP contribution in [0.4, 0.5) is 0 Å². The first-order chi connectivity index (χ1) is 10.1. The van der Waals surface area contributed by atoms with E-state index in [0.29, 0.717) is 5.92 Å². The number of benzene rings is 1. The molecule has 1 saturated carbocycles. The Hall–Kier alpha value is -0.710. The second kappa shape index (κ2) is 6.59. The third kappa shape index (κ3) is 3.93. The van der Waals surface area contributed by atoms with E-state index in [0.717, 1.165) is 28.5 Å². The van der Waals surface area contributed by atoms with Crippen molar-refractivity contribution in [3.8, 4) is 10.6 Å². The first-order valence-electron chi connectivity index (χ1n) is 7.60. The van der Waals surface area contributed by atoms with Crippen molar-refractivity contribution in [3.05, 3.63) is 39.3 Å². The minimum atomic E-state index is 0.638. The van der Waals surface area contributed by atoms with E-state index in [1.807, 2.05) is 17.4 Å². The minimum absolute atomic E-state index is 0.638. The number of nitrogens with one attached hydrogen (secondary N) is 1. The molecule has 21 heavy (non-hydrogen) atoms. The lowest BCUT2D eigenvalue weighted by atomic mass is 10.1. The molecule has 1 aromatic carbocycles.